The van der Waals surface area contributed by atoms with Crippen LogP contribution in [0.1, 0.15) is 49.2 Å². The lowest BCUT2D eigenvalue weighted by Gasteiger charge is -2.05. The Bertz CT molecular complexity index is 566. The Labute approximate surface area is 121 Å². The minimum absolute atomic E-state index is 0.465. The molecule has 4 heteroatoms. The second kappa shape index (κ2) is 6.27. The molecule has 0 saturated carbocycles. The summed E-state index contributed by atoms with van der Waals surface area (Å²) in [6.07, 6.45) is 1.03. The van der Waals surface area contributed by atoms with Crippen molar-refractivity contribution in [2.75, 3.05) is 0 Å². The van der Waals surface area contributed by atoms with Gasteiger partial charge in [0.2, 0.25) is 0 Å². The smallest absolute Gasteiger partial charge is 0.125 e. The van der Waals surface area contributed by atoms with E-state index in [1.165, 1.54) is 11.3 Å². The van der Waals surface area contributed by atoms with Crippen molar-refractivity contribution in [3.63, 3.8) is 0 Å². The van der Waals surface area contributed by atoms with Gasteiger partial charge in [0.1, 0.15) is 11.5 Å². The molecule has 0 amide bonds. The Morgan fingerprint density at radius 3 is 2.55 bits per heavy atom. The molecule has 0 aliphatic carbocycles. The van der Waals surface area contributed by atoms with Gasteiger partial charge >= 0.3 is 0 Å². The fraction of sp³-hybridized carbons (Fsp3) is 0.562. The van der Waals surface area contributed by atoms with Crippen LogP contribution in [0, 0.1) is 13.8 Å². The summed E-state index contributed by atoms with van der Waals surface area (Å²) in [5.74, 6) is 1.93. The van der Waals surface area contributed by atoms with Gasteiger partial charge in [-0.2, -0.15) is 5.10 Å². The number of aromatic nitrogens is 2. The largest absolute Gasteiger partial charge is 0.463 e. The summed E-state index contributed by atoms with van der Waals surface area (Å²) >= 11 is 0. The molecule has 2 aromatic rings. The lowest BCUT2D eigenvalue weighted by molar-refractivity contribution is 0.419. The number of hydrogen-bond acceptors (Lipinski definition) is 3. The molecule has 0 atom stereocenters. The van der Waals surface area contributed by atoms with Gasteiger partial charge in [-0.05, 0) is 38.0 Å². The van der Waals surface area contributed by atoms with Gasteiger partial charge < -0.3 is 9.73 Å². The second-order valence-electron chi connectivity index (χ2n) is 5.56. The van der Waals surface area contributed by atoms with Crippen LogP contribution in [-0.4, -0.2) is 15.8 Å². The van der Waals surface area contributed by atoms with E-state index in [1.807, 2.05) is 16.8 Å². The Morgan fingerprint density at radius 1 is 1.25 bits per heavy atom. The van der Waals surface area contributed by atoms with Crippen molar-refractivity contribution >= 4 is 0 Å². The Balaban J connectivity index is 2.07. The van der Waals surface area contributed by atoms with Gasteiger partial charge in [-0.1, -0.05) is 20.8 Å². The van der Waals surface area contributed by atoms with Crippen LogP contribution in [0.5, 0.6) is 0 Å². The van der Waals surface area contributed by atoms with Crippen LogP contribution in [0.15, 0.2) is 16.5 Å². The zero-order valence-electron chi connectivity index (χ0n) is 13.2. The van der Waals surface area contributed by atoms with Crippen LogP contribution in [0.3, 0.4) is 0 Å². The molecule has 1 N–H and O–H groups in total. The first-order chi connectivity index (χ1) is 9.51. The minimum atomic E-state index is 0.465. The lowest BCUT2D eigenvalue weighted by Crippen LogP contribution is -2.21. The number of aryl methyl sites for hydroxylation is 1. The summed E-state index contributed by atoms with van der Waals surface area (Å²) in [4.78, 5) is 0. The van der Waals surface area contributed by atoms with E-state index in [1.54, 1.807) is 0 Å². The van der Waals surface area contributed by atoms with E-state index in [4.69, 9.17) is 4.42 Å². The normalized spacial score (nSPS) is 11.5. The van der Waals surface area contributed by atoms with Crippen molar-refractivity contribution < 1.29 is 4.42 Å². The number of rotatable bonds is 6. The molecule has 0 fully saturated rings. The van der Waals surface area contributed by atoms with Gasteiger partial charge in [-0.15, -0.1) is 0 Å². The third kappa shape index (κ3) is 3.31. The van der Waals surface area contributed by atoms with Crippen molar-refractivity contribution in [1.82, 2.24) is 15.1 Å². The molecular weight excluding hydrogens is 250 g/mol. The highest BCUT2D eigenvalue weighted by atomic mass is 16.3. The predicted octanol–water partition coefficient (Wildman–Crippen LogP) is 3.20. The van der Waals surface area contributed by atoms with E-state index in [-0.39, 0.29) is 0 Å². The first-order valence-electron chi connectivity index (χ1n) is 7.35. The minimum Gasteiger partial charge on any atom is -0.463 e. The second-order valence-corrected chi connectivity index (χ2v) is 5.56. The van der Waals surface area contributed by atoms with Gasteiger partial charge in [0, 0.05) is 11.7 Å². The van der Waals surface area contributed by atoms with E-state index in [0.717, 1.165) is 30.2 Å². The molecule has 0 bridgehead atoms. The monoisotopic (exact) mass is 275 g/mol. The number of furan rings is 1. The van der Waals surface area contributed by atoms with Gasteiger partial charge in [0.15, 0.2) is 0 Å². The van der Waals surface area contributed by atoms with Gasteiger partial charge in [-0.3, -0.25) is 4.68 Å². The van der Waals surface area contributed by atoms with E-state index < -0.39 is 0 Å². The summed E-state index contributed by atoms with van der Waals surface area (Å²) in [6.45, 7) is 12.1. The molecule has 0 aliphatic rings. The van der Waals surface area contributed by atoms with E-state index >= 15 is 0 Å². The maximum atomic E-state index is 5.85. The molecule has 20 heavy (non-hydrogen) atoms. The maximum Gasteiger partial charge on any atom is 0.125 e. The third-order valence-electron chi connectivity index (χ3n) is 3.59. The molecule has 0 unspecified atom stereocenters. The predicted molar refractivity (Wildman–Crippen MR) is 80.9 cm³/mol. The summed E-state index contributed by atoms with van der Waals surface area (Å²) in [5.41, 5.74) is 3.71. The molecule has 2 rings (SSSR count). The number of hydrogen-bond donors (Lipinski definition) is 1. The standard InChI is InChI=1S/C16H25N3O/c1-6-16-12(4)18-19(13(16)5)10-15-8-7-14(20-15)9-17-11(2)3/h7-8,11,17H,6,9-10H2,1-5H3. The molecule has 0 spiro atoms. The molecule has 0 aliphatic heterocycles. The van der Waals surface area contributed by atoms with E-state index in [0.29, 0.717) is 12.6 Å². The van der Waals surface area contributed by atoms with Crippen LogP contribution in [0.4, 0.5) is 0 Å². The molecular formula is C16H25N3O. The molecule has 110 valence electrons. The van der Waals surface area contributed by atoms with Crippen LogP contribution < -0.4 is 5.32 Å². The molecule has 0 saturated heterocycles. The first-order valence-corrected chi connectivity index (χ1v) is 7.35. The van der Waals surface area contributed by atoms with Crippen LogP contribution in [0.25, 0.3) is 0 Å². The van der Waals surface area contributed by atoms with Crippen LogP contribution in [-0.2, 0) is 19.5 Å². The average Bonchev–Trinajstić information content (AvgIpc) is 2.93. The Morgan fingerprint density at radius 2 is 1.95 bits per heavy atom. The van der Waals surface area contributed by atoms with Crippen molar-refractivity contribution in [3.05, 3.63) is 40.6 Å². The highest BCUT2D eigenvalue weighted by Crippen LogP contribution is 2.16. The lowest BCUT2D eigenvalue weighted by atomic mass is 10.1. The van der Waals surface area contributed by atoms with Crippen molar-refractivity contribution in [1.29, 1.82) is 0 Å². The Hall–Kier alpha value is -1.55. The maximum absolute atomic E-state index is 5.85. The fourth-order valence-corrected chi connectivity index (χ4v) is 2.45. The van der Waals surface area contributed by atoms with Gasteiger partial charge in [0.25, 0.3) is 0 Å². The van der Waals surface area contributed by atoms with Crippen molar-refractivity contribution in [3.8, 4) is 0 Å². The highest BCUT2D eigenvalue weighted by Gasteiger charge is 2.11. The van der Waals surface area contributed by atoms with Gasteiger partial charge in [0.05, 0.1) is 18.8 Å². The molecule has 4 nitrogen and oxygen atoms in total. The summed E-state index contributed by atoms with van der Waals surface area (Å²) in [5, 5.41) is 7.96. The van der Waals surface area contributed by atoms with Crippen molar-refractivity contribution in [2.24, 2.45) is 0 Å². The van der Waals surface area contributed by atoms with E-state index in [9.17, 15) is 0 Å². The quantitative estimate of drug-likeness (QED) is 0.880. The van der Waals surface area contributed by atoms with E-state index in [2.05, 4.69) is 45.0 Å². The summed E-state index contributed by atoms with van der Waals surface area (Å²) < 4.78 is 7.89. The average molecular weight is 275 g/mol. The van der Waals surface area contributed by atoms with Crippen LogP contribution >= 0.6 is 0 Å². The van der Waals surface area contributed by atoms with Crippen molar-refractivity contribution in [2.45, 2.75) is 60.2 Å². The van der Waals surface area contributed by atoms with Gasteiger partial charge in [-0.25, -0.2) is 0 Å². The number of nitrogens with one attached hydrogen (secondary N) is 1. The first kappa shape index (κ1) is 14.9. The molecule has 2 aromatic heterocycles. The zero-order chi connectivity index (χ0) is 14.7. The van der Waals surface area contributed by atoms with Crippen LogP contribution in [0.2, 0.25) is 0 Å². The SMILES string of the molecule is CCc1c(C)nn(Cc2ccc(CNC(C)C)o2)c1C. The topological polar surface area (TPSA) is 43.0 Å². The fourth-order valence-electron chi connectivity index (χ4n) is 2.45. The molecule has 2 heterocycles. The summed E-state index contributed by atoms with van der Waals surface area (Å²) in [7, 11) is 0. The zero-order valence-corrected chi connectivity index (χ0v) is 13.2. The Kier molecular flexibility index (Phi) is 4.65. The molecule has 0 radical (unpaired) electrons. The highest BCUT2D eigenvalue weighted by molar-refractivity contribution is 5.24. The number of nitrogens with zero attached hydrogens (tertiary/aromatic N) is 2. The summed E-state index contributed by atoms with van der Waals surface area (Å²) in [6, 6.07) is 4.54. The third-order valence-corrected chi connectivity index (χ3v) is 3.59. The molecule has 0 aromatic carbocycles.